The number of fused-ring (bicyclic) bond motifs is 1. The Balaban J connectivity index is 2.26. The number of rotatable bonds is 6. The highest BCUT2D eigenvalue weighted by Gasteiger charge is 2.38. The van der Waals surface area contributed by atoms with E-state index in [-0.39, 0.29) is 41.6 Å². The van der Waals surface area contributed by atoms with Gasteiger partial charge < -0.3 is 20.5 Å². The molecule has 2 aromatic rings. The van der Waals surface area contributed by atoms with Gasteiger partial charge in [-0.25, -0.2) is 18.3 Å². The SMILES string of the molecule is CC(C)OC(=O)C1=C(COCN)Nc2c(C#N)cnn2C1c1cccc(F)c1F. The third kappa shape index (κ3) is 3.83. The topological polar surface area (TPSA) is 115 Å². The Labute approximate surface area is 165 Å². The Bertz CT molecular complexity index is 1010. The molecule has 0 radical (unpaired) electrons. The number of halogens is 2. The molecule has 0 saturated carbocycles. The Morgan fingerprint density at radius 3 is 2.86 bits per heavy atom. The van der Waals surface area contributed by atoms with Crippen LogP contribution in [-0.2, 0) is 14.3 Å². The van der Waals surface area contributed by atoms with E-state index in [0.717, 1.165) is 6.07 Å². The van der Waals surface area contributed by atoms with Crippen LogP contribution in [0.2, 0.25) is 0 Å². The molecule has 1 aromatic carbocycles. The maximum absolute atomic E-state index is 14.7. The molecule has 3 N–H and O–H groups in total. The second-order valence-electron chi connectivity index (χ2n) is 6.50. The van der Waals surface area contributed by atoms with Crippen LogP contribution in [0.15, 0.2) is 35.7 Å². The van der Waals surface area contributed by atoms with Crippen molar-refractivity contribution in [3.05, 3.63) is 58.4 Å². The van der Waals surface area contributed by atoms with Crippen LogP contribution in [0.1, 0.15) is 31.0 Å². The molecule has 3 rings (SSSR count). The van der Waals surface area contributed by atoms with Crippen molar-refractivity contribution in [3.63, 3.8) is 0 Å². The number of nitrogens with one attached hydrogen (secondary N) is 1. The van der Waals surface area contributed by atoms with Crippen molar-refractivity contribution < 1.29 is 23.0 Å². The lowest BCUT2D eigenvalue weighted by molar-refractivity contribution is -0.143. The number of hydrogen-bond acceptors (Lipinski definition) is 7. The molecule has 0 amide bonds. The zero-order valence-electron chi connectivity index (χ0n) is 15.8. The molecule has 0 fully saturated rings. The van der Waals surface area contributed by atoms with Crippen LogP contribution >= 0.6 is 0 Å². The van der Waals surface area contributed by atoms with E-state index < -0.39 is 29.7 Å². The smallest absolute Gasteiger partial charge is 0.338 e. The summed E-state index contributed by atoms with van der Waals surface area (Å²) in [5.74, 6) is -2.74. The normalized spacial score (nSPS) is 15.7. The molecule has 1 aliphatic heterocycles. The first-order valence-electron chi connectivity index (χ1n) is 8.79. The molecule has 0 saturated heterocycles. The minimum Gasteiger partial charge on any atom is -0.459 e. The molecule has 0 aliphatic carbocycles. The summed E-state index contributed by atoms with van der Waals surface area (Å²) in [7, 11) is 0. The fraction of sp³-hybridized carbons (Fsp3) is 0.316. The monoisotopic (exact) mass is 403 g/mol. The number of benzene rings is 1. The molecular weight excluding hydrogens is 384 g/mol. The van der Waals surface area contributed by atoms with Gasteiger partial charge in [0.25, 0.3) is 0 Å². The fourth-order valence-corrected chi connectivity index (χ4v) is 3.07. The van der Waals surface area contributed by atoms with E-state index in [1.54, 1.807) is 13.8 Å². The van der Waals surface area contributed by atoms with Gasteiger partial charge in [0.1, 0.15) is 23.5 Å². The van der Waals surface area contributed by atoms with Gasteiger partial charge in [-0.2, -0.15) is 10.4 Å². The average molecular weight is 403 g/mol. The third-order valence-electron chi connectivity index (χ3n) is 4.23. The highest BCUT2D eigenvalue weighted by molar-refractivity contribution is 5.93. The van der Waals surface area contributed by atoms with Gasteiger partial charge in [-0.3, -0.25) is 0 Å². The van der Waals surface area contributed by atoms with E-state index in [4.69, 9.17) is 15.2 Å². The van der Waals surface area contributed by atoms with Gasteiger partial charge in [0, 0.05) is 5.56 Å². The number of aromatic nitrogens is 2. The molecule has 29 heavy (non-hydrogen) atoms. The Morgan fingerprint density at radius 1 is 1.45 bits per heavy atom. The fourth-order valence-electron chi connectivity index (χ4n) is 3.07. The summed E-state index contributed by atoms with van der Waals surface area (Å²) < 4.78 is 40.5. The minimum atomic E-state index is -1.17. The number of carbonyl (C=O) groups excluding carboxylic acids is 1. The third-order valence-corrected chi connectivity index (χ3v) is 4.23. The molecule has 10 heteroatoms. The summed E-state index contributed by atoms with van der Waals surface area (Å²) in [4.78, 5) is 12.9. The number of anilines is 1. The van der Waals surface area contributed by atoms with Crippen molar-refractivity contribution in [1.29, 1.82) is 5.26 Å². The first-order valence-corrected chi connectivity index (χ1v) is 8.79. The van der Waals surface area contributed by atoms with E-state index in [1.807, 2.05) is 6.07 Å². The number of nitriles is 1. The van der Waals surface area contributed by atoms with Gasteiger partial charge in [-0.15, -0.1) is 0 Å². The van der Waals surface area contributed by atoms with Gasteiger partial charge >= 0.3 is 5.97 Å². The molecule has 2 heterocycles. The van der Waals surface area contributed by atoms with Crippen LogP contribution in [0.25, 0.3) is 0 Å². The van der Waals surface area contributed by atoms with E-state index >= 15 is 0 Å². The van der Waals surface area contributed by atoms with E-state index in [1.165, 1.54) is 23.0 Å². The predicted octanol–water partition coefficient (Wildman–Crippen LogP) is 2.19. The second kappa shape index (κ2) is 8.38. The van der Waals surface area contributed by atoms with Gasteiger partial charge in [-0.1, -0.05) is 12.1 Å². The second-order valence-corrected chi connectivity index (χ2v) is 6.50. The molecule has 1 atom stereocenters. The summed E-state index contributed by atoms with van der Waals surface area (Å²) in [5, 5.41) is 16.4. The highest BCUT2D eigenvalue weighted by Crippen LogP contribution is 2.39. The summed E-state index contributed by atoms with van der Waals surface area (Å²) in [6, 6.07) is 4.43. The summed E-state index contributed by atoms with van der Waals surface area (Å²) in [6.07, 6.45) is 0.809. The summed E-state index contributed by atoms with van der Waals surface area (Å²) in [5.41, 5.74) is 5.63. The van der Waals surface area contributed by atoms with Gasteiger partial charge in [0.15, 0.2) is 11.6 Å². The number of hydrogen-bond donors (Lipinski definition) is 2. The van der Waals surface area contributed by atoms with Crippen molar-refractivity contribution in [2.24, 2.45) is 5.73 Å². The summed E-state index contributed by atoms with van der Waals surface area (Å²) >= 11 is 0. The van der Waals surface area contributed by atoms with E-state index in [9.17, 15) is 18.8 Å². The van der Waals surface area contributed by atoms with Crippen LogP contribution in [0.4, 0.5) is 14.6 Å². The van der Waals surface area contributed by atoms with Crippen molar-refractivity contribution in [2.45, 2.75) is 26.0 Å². The summed E-state index contributed by atoms with van der Waals surface area (Å²) in [6.45, 7) is 3.05. The number of nitrogens with two attached hydrogens (primary N) is 1. The highest BCUT2D eigenvalue weighted by atomic mass is 19.2. The average Bonchev–Trinajstić information content (AvgIpc) is 3.09. The van der Waals surface area contributed by atoms with Crippen LogP contribution in [0.5, 0.6) is 0 Å². The minimum absolute atomic E-state index is 0.0169. The molecule has 1 aromatic heterocycles. The molecule has 1 unspecified atom stereocenters. The van der Waals surface area contributed by atoms with E-state index in [0.29, 0.717) is 0 Å². The standard InChI is InChI=1S/C19H19F2N5O3/c1-10(2)29-19(27)15-14(8-28-9-23)25-18-11(6-22)7-24-26(18)17(15)12-4-3-5-13(20)16(12)21/h3-5,7,10,17,25H,8-9,23H2,1-2H3. The quantitative estimate of drug-likeness (QED) is 0.561. The van der Waals surface area contributed by atoms with Crippen LogP contribution < -0.4 is 11.1 Å². The van der Waals surface area contributed by atoms with Crippen molar-refractivity contribution >= 4 is 11.8 Å². The van der Waals surface area contributed by atoms with Crippen molar-refractivity contribution in [2.75, 3.05) is 18.7 Å². The zero-order valence-corrected chi connectivity index (χ0v) is 15.8. The molecular formula is C19H19F2N5O3. The van der Waals surface area contributed by atoms with E-state index in [2.05, 4.69) is 10.4 Å². The largest absolute Gasteiger partial charge is 0.459 e. The molecule has 0 spiro atoms. The Kier molecular flexibility index (Phi) is 5.91. The number of nitrogens with zero attached hydrogens (tertiary/aromatic N) is 3. The lowest BCUT2D eigenvalue weighted by atomic mass is 9.94. The van der Waals surface area contributed by atoms with Gasteiger partial charge in [0.2, 0.25) is 0 Å². The zero-order chi connectivity index (χ0) is 21.1. The molecule has 152 valence electrons. The van der Waals surface area contributed by atoms with Gasteiger partial charge in [0.05, 0.1) is 36.9 Å². The number of esters is 1. The Morgan fingerprint density at radius 2 is 2.21 bits per heavy atom. The lowest BCUT2D eigenvalue weighted by Gasteiger charge is -2.31. The van der Waals surface area contributed by atoms with Crippen molar-refractivity contribution in [3.8, 4) is 6.07 Å². The van der Waals surface area contributed by atoms with Crippen molar-refractivity contribution in [1.82, 2.24) is 9.78 Å². The van der Waals surface area contributed by atoms with Crippen LogP contribution in [0.3, 0.4) is 0 Å². The maximum atomic E-state index is 14.7. The number of ether oxygens (including phenoxy) is 2. The Hall–Kier alpha value is -3.29. The van der Waals surface area contributed by atoms with Crippen LogP contribution in [-0.4, -0.2) is 35.2 Å². The molecule has 8 nitrogen and oxygen atoms in total. The van der Waals surface area contributed by atoms with Gasteiger partial charge in [-0.05, 0) is 19.9 Å². The first-order chi connectivity index (χ1) is 13.9. The number of carbonyl (C=O) groups is 1. The molecule has 1 aliphatic rings. The molecule has 0 bridgehead atoms. The lowest BCUT2D eigenvalue weighted by Crippen LogP contribution is -2.33. The predicted molar refractivity (Wildman–Crippen MR) is 98.3 cm³/mol. The maximum Gasteiger partial charge on any atom is 0.338 e. The van der Waals surface area contributed by atoms with Crippen LogP contribution in [0, 0.1) is 23.0 Å². The first kappa shape index (κ1) is 20.4.